The molecule has 9 nitrogen and oxygen atoms in total. The van der Waals surface area contributed by atoms with Crippen LogP contribution in [0.2, 0.25) is 0 Å². The number of anilines is 2. The van der Waals surface area contributed by atoms with E-state index in [9.17, 15) is 26.3 Å². The molecule has 2 spiro atoms. The molecule has 0 aliphatic carbocycles. The van der Waals surface area contributed by atoms with Crippen LogP contribution in [0.3, 0.4) is 0 Å². The number of nitrogens with zero attached hydrogens (tertiary/aromatic N) is 8. The zero-order chi connectivity index (χ0) is 39.3. The van der Waals surface area contributed by atoms with Gasteiger partial charge in [-0.2, -0.15) is 26.3 Å². The summed E-state index contributed by atoms with van der Waals surface area (Å²) < 4.78 is 82.0. The van der Waals surface area contributed by atoms with Gasteiger partial charge in [-0.1, -0.05) is 20.3 Å². The Labute approximate surface area is 331 Å². The first-order valence-corrected chi connectivity index (χ1v) is 21.4. The van der Waals surface area contributed by atoms with Crippen molar-refractivity contribution in [2.24, 2.45) is 22.7 Å². The highest BCUT2D eigenvalue weighted by molar-refractivity contribution is 7.19. The summed E-state index contributed by atoms with van der Waals surface area (Å²) in [6.07, 6.45) is -1.49. The van der Waals surface area contributed by atoms with Crippen molar-refractivity contribution in [1.82, 2.24) is 29.7 Å². The summed E-state index contributed by atoms with van der Waals surface area (Å²) in [6, 6.07) is 3.26. The van der Waals surface area contributed by atoms with Gasteiger partial charge in [0.1, 0.15) is 34.0 Å². The lowest BCUT2D eigenvalue weighted by Crippen LogP contribution is -2.58. The predicted molar refractivity (Wildman–Crippen MR) is 209 cm³/mol. The van der Waals surface area contributed by atoms with Gasteiger partial charge in [-0.25, -0.2) is 19.9 Å². The van der Waals surface area contributed by atoms with E-state index in [0.717, 1.165) is 161 Å². The van der Waals surface area contributed by atoms with Crippen molar-refractivity contribution < 1.29 is 31.1 Å². The quantitative estimate of drug-likeness (QED) is 0.156. The van der Waals surface area contributed by atoms with E-state index in [2.05, 4.69) is 53.4 Å². The normalized spacial score (nSPS) is 22.2. The minimum Gasteiger partial charge on any atom is -0.381 e. The van der Waals surface area contributed by atoms with Crippen LogP contribution >= 0.6 is 22.7 Å². The average Bonchev–Trinajstić information content (AvgIpc) is 3.91. The molecule has 5 saturated heterocycles. The van der Waals surface area contributed by atoms with Crippen molar-refractivity contribution in [3.05, 3.63) is 34.5 Å². The Kier molecular flexibility index (Phi) is 11.2. The molecule has 5 aliphatic rings. The van der Waals surface area contributed by atoms with Crippen LogP contribution in [0.25, 0.3) is 20.4 Å². The molecule has 0 N–H and O–H groups in total. The molecular weight excluding hydrogens is 775 g/mol. The Morgan fingerprint density at radius 1 is 0.732 bits per heavy atom. The number of aromatic nitrogens is 4. The van der Waals surface area contributed by atoms with Gasteiger partial charge in [0.25, 0.3) is 0 Å². The van der Waals surface area contributed by atoms with Crippen molar-refractivity contribution in [2.75, 3.05) is 88.5 Å². The van der Waals surface area contributed by atoms with Gasteiger partial charge in [0.15, 0.2) is 0 Å². The number of rotatable bonds is 9. The lowest BCUT2D eigenvalue weighted by Gasteiger charge is -2.49. The summed E-state index contributed by atoms with van der Waals surface area (Å²) in [5, 5.41) is 1.52. The molecule has 1 unspecified atom stereocenters. The van der Waals surface area contributed by atoms with E-state index in [1.54, 1.807) is 12.1 Å². The molecule has 4 aromatic heterocycles. The highest BCUT2D eigenvalue weighted by atomic mass is 32.1. The molecule has 0 radical (unpaired) electrons. The molecule has 0 amide bonds. The summed E-state index contributed by atoms with van der Waals surface area (Å²) in [4.78, 5) is 28.7. The molecule has 4 aromatic rings. The lowest BCUT2D eigenvalue weighted by atomic mass is 9.78. The van der Waals surface area contributed by atoms with Gasteiger partial charge in [-0.15, -0.1) is 22.7 Å². The summed E-state index contributed by atoms with van der Waals surface area (Å²) >= 11 is 2.24. The molecular formula is C39H50F6N8OS2. The molecule has 9 rings (SSSR count). The van der Waals surface area contributed by atoms with Crippen LogP contribution in [0.15, 0.2) is 24.8 Å². The predicted octanol–water partition coefficient (Wildman–Crippen LogP) is 8.09. The standard InChI is InChI=1S/C20H25F3N4OS.C19H25F3N4S/c21-20(22,23)8-15-7-16-17(24-13-25-18(16)29-15)27-4-3-19(12-27)10-26(11-19)9-14-1-5-28-6-2-14;1-3-13(2)8-25-9-18(10-25)4-5-26(11-18)16-15-6-14(7-19(20,21)22)27-17(15)24-12-23-16/h7,13-14H,1-6,8-12H2;6,12-13H,3-5,7-11H2,1-2H3. The third-order valence-electron chi connectivity index (χ3n) is 12.3. The van der Waals surface area contributed by atoms with Gasteiger partial charge in [0, 0.05) is 99.2 Å². The molecule has 17 heteroatoms. The fraction of sp³-hybridized carbons (Fsp3) is 0.692. The number of halogens is 6. The van der Waals surface area contributed by atoms with Crippen molar-refractivity contribution in [3.8, 4) is 0 Å². The molecule has 56 heavy (non-hydrogen) atoms. The number of likely N-dealkylation sites (tertiary alicyclic amines) is 2. The van der Waals surface area contributed by atoms with Crippen LogP contribution < -0.4 is 9.80 Å². The smallest absolute Gasteiger partial charge is 0.381 e. The summed E-state index contributed by atoms with van der Waals surface area (Å²) in [7, 11) is 0. The molecule has 0 bridgehead atoms. The van der Waals surface area contributed by atoms with Crippen molar-refractivity contribution >= 4 is 54.7 Å². The van der Waals surface area contributed by atoms with Gasteiger partial charge in [-0.05, 0) is 49.7 Å². The number of ether oxygens (including phenoxy) is 1. The third-order valence-corrected chi connectivity index (χ3v) is 14.4. The molecule has 5 aliphatic heterocycles. The second-order valence-electron chi connectivity index (χ2n) is 17.1. The molecule has 9 heterocycles. The largest absolute Gasteiger partial charge is 0.393 e. The van der Waals surface area contributed by atoms with E-state index in [4.69, 9.17) is 4.74 Å². The molecule has 306 valence electrons. The van der Waals surface area contributed by atoms with Crippen molar-refractivity contribution in [1.29, 1.82) is 0 Å². The van der Waals surface area contributed by atoms with E-state index in [1.807, 2.05) is 0 Å². The molecule has 5 fully saturated rings. The minimum absolute atomic E-state index is 0.299. The first-order chi connectivity index (χ1) is 26.7. The second kappa shape index (κ2) is 15.7. The molecule has 0 saturated carbocycles. The van der Waals surface area contributed by atoms with Gasteiger partial charge < -0.3 is 24.3 Å². The van der Waals surface area contributed by atoms with E-state index >= 15 is 0 Å². The van der Waals surface area contributed by atoms with Crippen molar-refractivity contribution in [3.63, 3.8) is 0 Å². The Bertz CT molecular complexity index is 1970. The van der Waals surface area contributed by atoms with Crippen LogP contribution in [0.1, 0.15) is 55.7 Å². The van der Waals surface area contributed by atoms with Crippen LogP contribution in [0.5, 0.6) is 0 Å². The zero-order valence-electron chi connectivity index (χ0n) is 32.0. The highest BCUT2D eigenvalue weighted by Gasteiger charge is 2.49. The number of hydrogen-bond donors (Lipinski definition) is 0. The zero-order valence-corrected chi connectivity index (χ0v) is 33.6. The Morgan fingerprint density at radius 2 is 1.21 bits per heavy atom. The summed E-state index contributed by atoms with van der Waals surface area (Å²) in [6.45, 7) is 16.7. The lowest BCUT2D eigenvalue weighted by molar-refractivity contribution is -0.127. The SMILES string of the molecule is CCC(C)CN1CC2(CCN(c3ncnc4sc(CC(F)(F)F)cc34)C2)C1.FC(F)(F)Cc1cc2c(N3CCC4(CN(CC5CCOCC5)C4)C3)ncnc2s1. The molecule has 1 atom stereocenters. The van der Waals surface area contributed by atoms with Gasteiger partial charge in [-0.3, -0.25) is 0 Å². The summed E-state index contributed by atoms with van der Waals surface area (Å²) in [5.74, 6) is 3.05. The summed E-state index contributed by atoms with van der Waals surface area (Å²) in [5.41, 5.74) is 0.614. The average molecular weight is 825 g/mol. The van der Waals surface area contributed by atoms with Crippen LogP contribution in [-0.4, -0.2) is 121 Å². The van der Waals surface area contributed by atoms with Crippen LogP contribution in [-0.2, 0) is 17.6 Å². The first kappa shape index (κ1) is 39.9. The monoisotopic (exact) mass is 824 g/mol. The van der Waals surface area contributed by atoms with Crippen molar-refractivity contribution in [2.45, 2.75) is 71.1 Å². The minimum atomic E-state index is -4.20. The highest BCUT2D eigenvalue weighted by Crippen LogP contribution is 2.45. The Balaban J connectivity index is 0.000000158. The third kappa shape index (κ3) is 9.06. The topological polar surface area (TPSA) is 73.8 Å². The molecule has 0 aromatic carbocycles. The maximum Gasteiger partial charge on any atom is 0.393 e. The van der Waals surface area contributed by atoms with Crippen LogP contribution in [0.4, 0.5) is 38.0 Å². The first-order valence-electron chi connectivity index (χ1n) is 19.8. The van der Waals surface area contributed by atoms with Gasteiger partial charge in [0.2, 0.25) is 0 Å². The van der Waals surface area contributed by atoms with Gasteiger partial charge >= 0.3 is 12.4 Å². The van der Waals surface area contributed by atoms with E-state index in [-0.39, 0.29) is 0 Å². The second-order valence-corrected chi connectivity index (χ2v) is 19.3. The number of hydrogen-bond acceptors (Lipinski definition) is 11. The van der Waals surface area contributed by atoms with Gasteiger partial charge in [0.05, 0.1) is 23.6 Å². The van der Waals surface area contributed by atoms with E-state index in [0.29, 0.717) is 30.2 Å². The van der Waals surface area contributed by atoms with Crippen LogP contribution in [0, 0.1) is 22.7 Å². The van der Waals surface area contributed by atoms with E-state index in [1.165, 1.54) is 19.1 Å². The Hall–Kier alpha value is -2.86. The Morgan fingerprint density at radius 3 is 1.68 bits per heavy atom. The fourth-order valence-electron chi connectivity index (χ4n) is 9.53. The number of alkyl halides is 6. The fourth-order valence-corrected chi connectivity index (χ4v) is 11.6. The number of thiophene rings is 2. The maximum atomic E-state index is 12.8. The van der Waals surface area contributed by atoms with E-state index < -0.39 is 25.2 Å². The number of fused-ring (bicyclic) bond motifs is 2. The maximum absolute atomic E-state index is 12.8.